The van der Waals surface area contributed by atoms with Crippen LogP contribution >= 0.6 is 0 Å². The average molecular weight is 527 g/mol. The molecule has 0 bridgehead atoms. The lowest BCUT2D eigenvalue weighted by Crippen LogP contribution is -2.35. The lowest BCUT2D eigenvalue weighted by atomic mass is 10.2. The van der Waals surface area contributed by atoms with Gasteiger partial charge in [0.1, 0.15) is 17.5 Å². The van der Waals surface area contributed by atoms with Crippen LogP contribution in [0.5, 0.6) is 0 Å². The van der Waals surface area contributed by atoms with Gasteiger partial charge in [0, 0.05) is 20.4 Å². The summed E-state index contributed by atoms with van der Waals surface area (Å²) in [6.45, 7) is 9.60. The van der Waals surface area contributed by atoms with Gasteiger partial charge in [-0.1, -0.05) is 0 Å². The van der Waals surface area contributed by atoms with Gasteiger partial charge >= 0.3 is 0 Å². The molecule has 0 radical (unpaired) electrons. The van der Waals surface area contributed by atoms with E-state index in [2.05, 4.69) is 24.9 Å². The molecule has 0 unspecified atom stereocenters. The van der Waals surface area contributed by atoms with Crippen LogP contribution in [0.25, 0.3) is 0 Å². The van der Waals surface area contributed by atoms with E-state index in [0.717, 1.165) is 18.5 Å². The lowest BCUT2D eigenvalue weighted by molar-refractivity contribution is 0.00393. The van der Waals surface area contributed by atoms with E-state index in [-0.39, 0.29) is 43.5 Å². The third kappa shape index (κ3) is 6.76. The Morgan fingerprint density at radius 1 is 1.11 bits per heavy atom. The van der Waals surface area contributed by atoms with Crippen LogP contribution in [0.2, 0.25) is 0 Å². The van der Waals surface area contributed by atoms with Crippen LogP contribution in [0.15, 0.2) is 12.4 Å². The maximum Gasteiger partial charge on any atom is 0.240 e. The molecule has 1 saturated heterocycles. The number of methoxy groups -OCH3 is 2. The SMILES string of the molecule is COCC(COC)n1c(NS(=O)(=O)[C@@H](C)[C@@H](OC(C)C)c2cnc(C)cn2)nnc1[C@@H]1CC[C@H](C)O1. The summed E-state index contributed by atoms with van der Waals surface area (Å²) < 4.78 is 54.4. The van der Waals surface area contributed by atoms with Crippen molar-refractivity contribution in [3.8, 4) is 0 Å². The van der Waals surface area contributed by atoms with Crippen LogP contribution in [0, 0.1) is 6.92 Å². The van der Waals surface area contributed by atoms with Gasteiger partial charge < -0.3 is 18.9 Å². The minimum atomic E-state index is -4.01. The first-order valence-corrected chi connectivity index (χ1v) is 13.7. The fourth-order valence-corrected chi connectivity index (χ4v) is 5.28. The monoisotopic (exact) mass is 526 g/mol. The number of nitrogens with zero attached hydrogens (tertiary/aromatic N) is 5. The van der Waals surface area contributed by atoms with E-state index >= 15 is 0 Å². The van der Waals surface area contributed by atoms with Crippen molar-refractivity contribution in [1.29, 1.82) is 0 Å². The van der Waals surface area contributed by atoms with Crippen LogP contribution in [0.3, 0.4) is 0 Å². The largest absolute Gasteiger partial charge is 0.382 e. The van der Waals surface area contributed by atoms with Crippen LogP contribution in [0.4, 0.5) is 5.95 Å². The first-order valence-electron chi connectivity index (χ1n) is 12.1. The Kier molecular flexibility index (Phi) is 9.75. The van der Waals surface area contributed by atoms with Crippen LogP contribution in [-0.4, -0.2) is 78.0 Å². The van der Waals surface area contributed by atoms with Crippen molar-refractivity contribution in [2.24, 2.45) is 0 Å². The van der Waals surface area contributed by atoms with Gasteiger partial charge in [0.25, 0.3) is 0 Å². The number of hydrogen-bond donors (Lipinski definition) is 1. The molecule has 202 valence electrons. The summed E-state index contributed by atoms with van der Waals surface area (Å²) in [5.41, 5.74) is 1.15. The molecular weight excluding hydrogens is 488 g/mol. The molecule has 3 heterocycles. The fraction of sp³-hybridized carbons (Fsp3) is 0.739. The van der Waals surface area contributed by atoms with Crippen LogP contribution < -0.4 is 4.72 Å². The van der Waals surface area contributed by atoms with Gasteiger partial charge in [0.05, 0.1) is 49.0 Å². The molecule has 0 amide bonds. The summed E-state index contributed by atoms with van der Waals surface area (Å²) in [5, 5.41) is 7.51. The third-order valence-corrected chi connectivity index (χ3v) is 7.68. The van der Waals surface area contributed by atoms with Gasteiger partial charge in [-0.2, -0.15) is 0 Å². The standard InChI is InChI=1S/C23H38N6O6S/c1-14(2)34-21(19-11-24-15(3)10-25-19)17(5)36(30,31)28-23-27-26-22(20-9-8-16(4)35-20)29(23)18(12-32-6)13-33-7/h10-11,14,16-18,20-21H,8-9,12-13H2,1-7H3,(H,27,28)/t16-,17-,20-,21+/m0/s1. The molecular formula is C23H38N6O6S. The zero-order valence-electron chi connectivity index (χ0n) is 22.0. The van der Waals surface area contributed by atoms with Gasteiger partial charge in [0.15, 0.2) is 5.82 Å². The molecule has 36 heavy (non-hydrogen) atoms. The first kappa shape index (κ1) is 28.4. The summed E-state index contributed by atoms with van der Waals surface area (Å²) in [4.78, 5) is 8.63. The van der Waals surface area contributed by atoms with E-state index in [4.69, 9.17) is 18.9 Å². The predicted molar refractivity (Wildman–Crippen MR) is 133 cm³/mol. The molecule has 1 aliphatic heterocycles. The minimum Gasteiger partial charge on any atom is -0.382 e. The van der Waals surface area contributed by atoms with Crippen LogP contribution in [0.1, 0.15) is 76.0 Å². The van der Waals surface area contributed by atoms with E-state index in [1.807, 2.05) is 27.7 Å². The third-order valence-electron chi connectivity index (χ3n) is 5.99. The van der Waals surface area contributed by atoms with Crippen LogP contribution in [-0.2, 0) is 29.0 Å². The molecule has 4 atom stereocenters. The van der Waals surface area contributed by atoms with Crippen molar-refractivity contribution in [3.05, 3.63) is 29.6 Å². The number of aromatic nitrogens is 5. The number of rotatable bonds is 13. The fourth-order valence-electron chi connectivity index (χ4n) is 4.17. The Labute approximate surface area is 213 Å². The molecule has 1 aliphatic rings. The molecule has 12 nitrogen and oxygen atoms in total. The Morgan fingerprint density at radius 2 is 1.81 bits per heavy atom. The highest BCUT2D eigenvalue weighted by atomic mass is 32.2. The Bertz CT molecular complexity index is 1070. The topological polar surface area (TPSA) is 140 Å². The second-order valence-electron chi connectivity index (χ2n) is 9.37. The Hall–Kier alpha value is -2.19. The number of hydrogen-bond acceptors (Lipinski definition) is 10. The highest BCUT2D eigenvalue weighted by Crippen LogP contribution is 2.35. The van der Waals surface area contributed by atoms with Crippen molar-refractivity contribution in [3.63, 3.8) is 0 Å². The van der Waals surface area contributed by atoms with E-state index < -0.39 is 21.4 Å². The molecule has 2 aromatic heterocycles. The number of nitrogens with one attached hydrogen (secondary N) is 1. The van der Waals surface area contributed by atoms with Crippen molar-refractivity contribution in [2.45, 2.75) is 83.2 Å². The van der Waals surface area contributed by atoms with Gasteiger partial charge in [-0.25, -0.2) is 8.42 Å². The van der Waals surface area contributed by atoms with E-state index in [1.54, 1.807) is 38.1 Å². The first-order chi connectivity index (χ1) is 17.1. The Balaban J connectivity index is 1.97. The Morgan fingerprint density at radius 3 is 2.33 bits per heavy atom. The van der Waals surface area contributed by atoms with Gasteiger partial charge in [-0.05, 0) is 47.5 Å². The second kappa shape index (κ2) is 12.4. The summed E-state index contributed by atoms with van der Waals surface area (Å²) in [6, 6.07) is -0.372. The molecule has 13 heteroatoms. The van der Waals surface area contributed by atoms with Crippen molar-refractivity contribution >= 4 is 16.0 Å². The molecule has 2 aromatic rings. The van der Waals surface area contributed by atoms with Crippen molar-refractivity contribution in [2.75, 3.05) is 32.2 Å². The molecule has 0 aromatic carbocycles. The van der Waals surface area contributed by atoms with E-state index in [0.29, 0.717) is 11.5 Å². The smallest absolute Gasteiger partial charge is 0.240 e. The lowest BCUT2D eigenvalue weighted by Gasteiger charge is -2.27. The van der Waals surface area contributed by atoms with Gasteiger partial charge in [0.2, 0.25) is 16.0 Å². The average Bonchev–Trinajstić information content (AvgIpc) is 3.43. The summed E-state index contributed by atoms with van der Waals surface area (Å²) >= 11 is 0. The molecule has 0 spiro atoms. The highest BCUT2D eigenvalue weighted by Gasteiger charge is 2.37. The quantitative estimate of drug-likeness (QED) is 0.414. The molecule has 0 saturated carbocycles. The summed E-state index contributed by atoms with van der Waals surface area (Å²) in [6.07, 6.45) is 3.45. The summed E-state index contributed by atoms with van der Waals surface area (Å²) in [5.74, 6) is 0.598. The number of anilines is 1. The molecule has 1 N–H and O–H groups in total. The molecule has 0 aliphatic carbocycles. The molecule has 1 fully saturated rings. The van der Waals surface area contributed by atoms with E-state index in [9.17, 15) is 8.42 Å². The zero-order chi connectivity index (χ0) is 26.5. The normalized spacial score (nSPS) is 20.2. The maximum absolute atomic E-state index is 13.6. The molecule has 3 rings (SSSR count). The minimum absolute atomic E-state index is 0.0670. The van der Waals surface area contributed by atoms with Gasteiger partial charge in [-0.3, -0.25) is 19.3 Å². The zero-order valence-corrected chi connectivity index (χ0v) is 22.9. The van der Waals surface area contributed by atoms with E-state index in [1.165, 1.54) is 0 Å². The second-order valence-corrected chi connectivity index (χ2v) is 11.4. The number of ether oxygens (including phenoxy) is 4. The predicted octanol–water partition coefficient (Wildman–Crippen LogP) is 2.75. The number of aryl methyl sites for hydroxylation is 1. The number of sulfonamides is 1. The van der Waals surface area contributed by atoms with Crippen molar-refractivity contribution in [1.82, 2.24) is 24.7 Å². The van der Waals surface area contributed by atoms with Crippen molar-refractivity contribution < 1.29 is 27.4 Å². The highest BCUT2D eigenvalue weighted by molar-refractivity contribution is 7.93. The van der Waals surface area contributed by atoms with Gasteiger partial charge in [-0.15, -0.1) is 10.2 Å². The maximum atomic E-state index is 13.6. The summed E-state index contributed by atoms with van der Waals surface area (Å²) in [7, 11) is -0.867.